The average molecular weight is 258 g/mol. The molecule has 0 aliphatic carbocycles. The summed E-state index contributed by atoms with van der Waals surface area (Å²) in [5.41, 5.74) is 0.398. The summed E-state index contributed by atoms with van der Waals surface area (Å²) < 4.78 is 26.5. The van der Waals surface area contributed by atoms with E-state index in [1.165, 1.54) is 24.3 Å². The Balaban J connectivity index is 2.66. The molecule has 0 nitrogen and oxygen atoms in total. The maximum Gasteiger partial charge on any atom is 0.139 e. The molecule has 0 heterocycles. The average Bonchev–Trinajstić information content (AvgIpc) is 2.25. The SMILES string of the molecule is Fc1ccc(Cl)c(-c2cc(Cl)c[c]c2F)c1. The van der Waals surface area contributed by atoms with Gasteiger partial charge in [-0.05, 0) is 30.3 Å². The predicted molar refractivity (Wildman–Crippen MR) is 60.7 cm³/mol. The summed E-state index contributed by atoms with van der Waals surface area (Å²) in [5, 5.41) is 0.577. The molecular formula is C12H5Cl2F2. The van der Waals surface area contributed by atoms with Crippen molar-refractivity contribution < 1.29 is 8.78 Å². The van der Waals surface area contributed by atoms with Crippen LogP contribution >= 0.6 is 23.2 Å². The smallest absolute Gasteiger partial charge is 0.139 e. The first-order valence-electron chi connectivity index (χ1n) is 4.40. The van der Waals surface area contributed by atoms with Crippen molar-refractivity contribution in [1.82, 2.24) is 0 Å². The van der Waals surface area contributed by atoms with E-state index in [4.69, 9.17) is 23.2 Å². The van der Waals surface area contributed by atoms with E-state index in [0.717, 1.165) is 6.07 Å². The minimum Gasteiger partial charge on any atom is -0.207 e. The topological polar surface area (TPSA) is 0 Å². The molecule has 0 aromatic heterocycles. The molecule has 0 N–H and O–H groups in total. The van der Waals surface area contributed by atoms with Crippen LogP contribution in [-0.4, -0.2) is 0 Å². The molecule has 0 saturated carbocycles. The van der Waals surface area contributed by atoms with Crippen molar-refractivity contribution in [3.63, 3.8) is 0 Å². The van der Waals surface area contributed by atoms with E-state index in [1.54, 1.807) is 0 Å². The minimum absolute atomic E-state index is 0.136. The van der Waals surface area contributed by atoms with Crippen LogP contribution in [-0.2, 0) is 0 Å². The van der Waals surface area contributed by atoms with Crippen molar-refractivity contribution in [2.24, 2.45) is 0 Å². The van der Waals surface area contributed by atoms with E-state index in [0.29, 0.717) is 5.02 Å². The van der Waals surface area contributed by atoms with Crippen LogP contribution in [0.2, 0.25) is 10.0 Å². The largest absolute Gasteiger partial charge is 0.207 e. The lowest BCUT2D eigenvalue weighted by atomic mass is 10.1. The predicted octanol–water partition coefficient (Wildman–Crippen LogP) is 4.74. The lowest BCUT2D eigenvalue weighted by Gasteiger charge is -2.06. The second kappa shape index (κ2) is 4.40. The highest BCUT2D eigenvalue weighted by atomic mass is 35.5. The van der Waals surface area contributed by atoms with Crippen molar-refractivity contribution in [1.29, 1.82) is 0 Å². The van der Waals surface area contributed by atoms with E-state index >= 15 is 0 Å². The van der Waals surface area contributed by atoms with E-state index < -0.39 is 11.6 Å². The van der Waals surface area contributed by atoms with Gasteiger partial charge in [-0.2, -0.15) is 0 Å². The minimum atomic E-state index is -0.614. The van der Waals surface area contributed by atoms with Gasteiger partial charge in [-0.1, -0.05) is 23.2 Å². The fourth-order valence-corrected chi connectivity index (χ4v) is 1.74. The van der Waals surface area contributed by atoms with Gasteiger partial charge >= 0.3 is 0 Å². The summed E-state index contributed by atoms with van der Waals surface area (Å²) >= 11 is 11.6. The van der Waals surface area contributed by atoms with Crippen LogP contribution in [0.4, 0.5) is 8.78 Å². The molecule has 81 valence electrons. The summed E-state index contributed by atoms with van der Waals surface area (Å²) in [7, 11) is 0. The van der Waals surface area contributed by atoms with Gasteiger partial charge in [-0.25, -0.2) is 8.78 Å². The highest BCUT2D eigenvalue weighted by Gasteiger charge is 2.10. The standard InChI is InChI=1S/C12H5Cl2F2/c13-7-1-4-12(16)10(5-7)9-6-8(15)2-3-11(9)14/h1-3,5-6H. The van der Waals surface area contributed by atoms with E-state index in [1.807, 2.05) is 0 Å². The third kappa shape index (κ3) is 2.18. The fourth-order valence-electron chi connectivity index (χ4n) is 1.35. The van der Waals surface area contributed by atoms with Crippen molar-refractivity contribution in [2.75, 3.05) is 0 Å². The van der Waals surface area contributed by atoms with Gasteiger partial charge in [0.2, 0.25) is 0 Å². The zero-order valence-corrected chi connectivity index (χ0v) is 9.41. The first kappa shape index (κ1) is 11.4. The summed E-state index contributed by atoms with van der Waals surface area (Å²) in [6.45, 7) is 0. The van der Waals surface area contributed by atoms with Crippen LogP contribution in [0.5, 0.6) is 0 Å². The Bertz CT molecular complexity index is 489. The Morgan fingerprint density at radius 3 is 2.50 bits per heavy atom. The van der Waals surface area contributed by atoms with Gasteiger partial charge in [-0.3, -0.25) is 0 Å². The Hall–Kier alpha value is -1.12. The summed E-state index contributed by atoms with van der Waals surface area (Å²) in [6.07, 6.45) is 0. The van der Waals surface area contributed by atoms with Crippen LogP contribution in [0.1, 0.15) is 0 Å². The molecule has 1 radical (unpaired) electrons. The Morgan fingerprint density at radius 2 is 1.75 bits per heavy atom. The van der Waals surface area contributed by atoms with Gasteiger partial charge in [0.25, 0.3) is 0 Å². The van der Waals surface area contributed by atoms with Gasteiger partial charge in [-0.15, -0.1) is 0 Å². The molecule has 0 aliphatic heterocycles. The number of benzene rings is 2. The fraction of sp³-hybridized carbons (Fsp3) is 0. The van der Waals surface area contributed by atoms with Crippen LogP contribution in [0.25, 0.3) is 11.1 Å². The Labute approximate surface area is 101 Å². The normalized spacial score (nSPS) is 10.5. The van der Waals surface area contributed by atoms with Crippen molar-refractivity contribution in [3.05, 3.63) is 58.1 Å². The molecule has 0 unspecified atom stereocenters. The van der Waals surface area contributed by atoms with Crippen LogP contribution in [0, 0.1) is 17.7 Å². The van der Waals surface area contributed by atoms with Gasteiger partial charge in [0, 0.05) is 27.2 Å². The molecular weight excluding hydrogens is 253 g/mol. The molecule has 0 amide bonds. The molecule has 2 aromatic rings. The zero-order valence-electron chi connectivity index (χ0n) is 7.90. The molecule has 2 rings (SSSR count). The van der Waals surface area contributed by atoms with E-state index in [2.05, 4.69) is 6.07 Å². The highest BCUT2D eigenvalue weighted by Crippen LogP contribution is 2.31. The third-order valence-electron chi connectivity index (χ3n) is 2.07. The highest BCUT2D eigenvalue weighted by molar-refractivity contribution is 6.33. The second-order valence-electron chi connectivity index (χ2n) is 3.17. The van der Waals surface area contributed by atoms with Crippen LogP contribution < -0.4 is 0 Å². The number of halogens is 4. The molecule has 0 bridgehead atoms. The maximum atomic E-state index is 13.5. The molecule has 0 aliphatic rings. The number of hydrogen-bond acceptors (Lipinski definition) is 0. The van der Waals surface area contributed by atoms with E-state index in [9.17, 15) is 8.78 Å². The summed E-state index contributed by atoms with van der Waals surface area (Å²) in [6, 6.07) is 8.75. The zero-order chi connectivity index (χ0) is 11.7. The van der Waals surface area contributed by atoms with Gasteiger partial charge < -0.3 is 0 Å². The maximum absolute atomic E-state index is 13.5. The first-order chi connectivity index (χ1) is 7.58. The van der Waals surface area contributed by atoms with Crippen LogP contribution in [0.15, 0.2) is 30.3 Å². The third-order valence-corrected chi connectivity index (χ3v) is 2.62. The number of rotatable bonds is 1. The molecule has 0 saturated heterocycles. The molecule has 0 spiro atoms. The van der Waals surface area contributed by atoms with Gasteiger partial charge in [0.15, 0.2) is 0 Å². The summed E-state index contributed by atoms with van der Waals surface area (Å²) in [5.74, 6) is -1.10. The van der Waals surface area contributed by atoms with Crippen LogP contribution in [0.3, 0.4) is 0 Å². The lowest BCUT2D eigenvalue weighted by Crippen LogP contribution is -1.87. The first-order valence-corrected chi connectivity index (χ1v) is 5.15. The van der Waals surface area contributed by atoms with Gasteiger partial charge in [0.1, 0.15) is 11.6 Å². The van der Waals surface area contributed by atoms with Gasteiger partial charge in [0.05, 0.1) is 0 Å². The monoisotopic (exact) mass is 257 g/mol. The summed E-state index contributed by atoms with van der Waals surface area (Å²) in [4.78, 5) is 0. The molecule has 0 fully saturated rings. The lowest BCUT2D eigenvalue weighted by molar-refractivity contribution is 0.624. The molecule has 16 heavy (non-hydrogen) atoms. The quantitative estimate of drug-likeness (QED) is 0.693. The van der Waals surface area contributed by atoms with Crippen molar-refractivity contribution in [2.45, 2.75) is 0 Å². The Morgan fingerprint density at radius 1 is 1.00 bits per heavy atom. The van der Waals surface area contributed by atoms with Crippen molar-refractivity contribution >= 4 is 23.2 Å². The second-order valence-corrected chi connectivity index (χ2v) is 4.01. The number of hydrogen-bond donors (Lipinski definition) is 0. The molecule has 0 atom stereocenters. The molecule has 2 aromatic carbocycles. The van der Waals surface area contributed by atoms with Crippen molar-refractivity contribution in [3.8, 4) is 11.1 Å². The molecule has 4 heteroatoms. The van der Waals surface area contributed by atoms with E-state index in [-0.39, 0.29) is 16.1 Å². The Kier molecular flexibility index (Phi) is 3.13.